The Kier molecular flexibility index (Phi) is 3.90. The third kappa shape index (κ3) is 2.35. The maximum Gasteiger partial charge on any atom is 0.137 e. The zero-order chi connectivity index (χ0) is 11.7. The zero-order valence-electron chi connectivity index (χ0n) is 9.87. The second kappa shape index (κ2) is 5.42. The summed E-state index contributed by atoms with van der Waals surface area (Å²) in [6.07, 6.45) is 3.64. The van der Waals surface area contributed by atoms with Crippen LogP contribution in [-0.4, -0.2) is 18.1 Å². The van der Waals surface area contributed by atoms with E-state index >= 15 is 0 Å². The van der Waals surface area contributed by atoms with E-state index in [4.69, 9.17) is 0 Å². The predicted octanol–water partition coefficient (Wildman–Crippen LogP) is 2.53. The smallest absolute Gasteiger partial charge is 0.137 e. The van der Waals surface area contributed by atoms with Crippen molar-refractivity contribution in [1.29, 1.82) is 0 Å². The molecule has 0 aliphatic carbocycles. The Balaban J connectivity index is 0.00000120. The summed E-state index contributed by atoms with van der Waals surface area (Å²) in [6.45, 7) is 1.97. The van der Waals surface area contributed by atoms with E-state index in [2.05, 4.69) is 27.1 Å². The van der Waals surface area contributed by atoms with E-state index in [9.17, 15) is 0 Å². The minimum atomic E-state index is 0. The number of benzene rings is 1. The summed E-state index contributed by atoms with van der Waals surface area (Å²) < 4.78 is 0. The fourth-order valence-corrected chi connectivity index (χ4v) is 1.96. The number of aromatic nitrogens is 1. The van der Waals surface area contributed by atoms with Gasteiger partial charge in [0.25, 0.3) is 0 Å². The molecule has 93 valence electrons. The van der Waals surface area contributed by atoms with Crippen LogP contribution in [0.1, 0.15) is 12.6 Å². The first kappa shape index (κ1) is 12.9. The molecule has 1 radical (unpaired) electrons. The van der Waals surface area contributed by atoms with Crippen LogP contribution < -0.4 is 4.98 Å². The molecule has 18 heavy (non-hydrogen) atoms. The van der Waals surface area contributed by atoms with Gasteiger partial charge in [-0.3, -0.25) is 9.98 Å². The van der Waals surface area contributed by atoms with Gasteiger partial charge in [0, 0.05) is 26.3 Å². The molecular formula is C14H12IrN3-. The van der Waals surface area contributed by atoms with Crippen LogP contribution in [0.15, 0.2) is 52.6 Å². The molecule has 0 fully saturated rings. The molecule has 1 atom stereocenters. The van der Waals surface area contributed by atoms with E-state index in [-0.39, 0.29) is 26.3 Å². The van der Waals surface area contributed by atoms with Gasteiger partial charge in [0.05, 0.1) is 5.71 Å². The van der Waals surface area contributed by atoms with Crippen molar-refractivity contribution in [2.75, 3.05) is 0 Å². The van der Waals surface area contributed by atoms with Gasteiger partial charge in [0.2, 0.25) is 0 Å². The molecule has 0 spiro atoms. The maximum atomic E-state index is 4.45. The molecule has 0 N–H and O–H groups in total. The van der Waals surface area contributed by atoms with Crippen molar-refractivity contribution in [2.45, 2.75) is 13.1 Å². The molecule has 0 saturated carbocycles. The van der Waals surface area contributed by atoms with Gasteiger partial charge in [-0.15, -0.1) is 5.69 Å². The van der Waals surface area contributed by atoms with Crippen molar-refractivity contribution in [1.82, 2.24) is 4.98 Å². The predicted molar refractivity (Wildman–Crippen MR) is 69.7 cm³/mol. The Morgan fingerprint density at radius 3 is 2.56 bits per heavy atom. The number of aliphatic imine (C=N–C) groups is 2. The number of hydrogen-bond acceptors (Lipinski definition) is 2. The minimum absolute atomic E-state index is 0. The number of hydrogen-bond donors (Lipinski definition) is 0. The summed E-state index contributed by atoms with van der Waals surface area (Å²) in [5.41, 5.74) is 4.08. The van der Waals surface area contributed by atoms with Crippen LogP contribution in [0.5, 0.6) is 0 Å². The van der Waals surface area contributed by atoms with Gasteiger partial charge in [0.15, 0.2) is 0 Å². The SMILES string of the molecule is CC1N=CC(c2[n-]ccc2-c2ccccc2)=N1.[Ir]. The van der Waals surface area contributed by atoms with Crippen molar-refractivity contribution in [3.8, 4) is 11.1 Å². The zero-order valence-corrected chi connectivity index (χ0v) is 12.3. The quantitative estimate of drug-likeness (QED) is 0.744. The molecule has 1 aromatic heterocycles. The third-order valence-electron chi connectivity index (χ3n) is 2.77. The first-order valence-corrected chi connectivity index (χ1v) is 5.63. The van der Waals surface area contributed by atoms with Gasteiger partial charge in [-0.25, -0.2) is 0 Å². The summed E-state index contributed by atoms with van der Waals surface area (Å²) >= 11 is 0. The summed E-state index contributed by atoms with van der Waals surface area (Å²) in [7, 11) is 0. The van der Waals surface area contributed by atoms with Crippen LogP contribution in [0.4, 0.5) is 0 Å². The summed E-state index contributed by atoms with van der Waals surface area (Å²) in [6, 6.07) is 12.2. The molecule has 1 unspecified atom stereocenters. The third-order valence-corrected chi connectivity index (χ3v) is 2.77. The molecule has 1 aromatic carbocycles. The molecule has 3 nitrogen and oxygen atoms in total. The van der Waals surface area contributed by atoms with Crippen molar-refractivity contribution >= 4 is 11.9 Å². The second-order valence-corrected chi connectivity index (χ2v) is 4.00. The van der Waals surface area contributed by atoms with Gasteiger partial charge in [-0.05, 0) is 18.1 Å². The Labute approximate surface area is 119 Å². The fraction of sp³-hybridized carbons (Fsp3) is 0.143. The van der Waals surface area contributed by atoms with E-state index in [0.29, 0.717) is 0 Å². The molecule has 1 aliphatic rings. The van der Waals surface area contributed by atoms with E-state index in [1.54, 1.807) is 6.21 Å². The van der Waals surface area contributed by atoms with Crippen molar-refractivity contribution in [2.24, 2.45) is 9.98 Å². The van der Waals surface area contributed by atoms with Gasteiger partial charge in [-0.1, -0.05) is 36.4 Å². The molecule has 0 saturated heterocycles. The van der Waals surface area contributed by atoms with Gasteiger partial charge < -0.3 is 4.98 Å². The molecule has 0 amide bonds. The Morgan fingerprint density at radius 1 is 1.11 bits per heavy atom. The van der Waals surface area contributed by atoms with Crippen LogP contribution in [0.3, 0.4) is 0 Å². The maximum absolute atomic E-state index is 4.45. The monoisotopic (exact) mass is 415 g/mol. The average molecular weight is 414 g/mol. The standard InChI is InChI=1S/C14H12N3.Ir/c1-10-16-9-13(17-10)14-12(7-8-15-14)11-5-3-2-4-6-11;/h2-10H,1H3;/q-1;. The molecule has 3 rings (SSSR count). The average Bonchev–Trinajstić information content (AvgIpc) is 2.98. The van der Waals surface area contributed by atoms with Crippen LogP contribution in [0.2, 0.25) is 0 Å². The van der Waals surface area contributed by atoms with Crippen LogP contribution in [-0.2, 0) is 20.1 Å². The molecule has 2 aromatic rings. The number of nitrogens with zero attached hydrogens (tertiary/aromatic N) is 3. The topological polar surface area (TPSA) is 38.8 Å². The van der Waals surface area contributed by atoms with Crippen molar-refractivity contribution in [3.63, 3.8) is 0 Å². The van der Waals surface area contributed by atoms with Crippen molar-refractivity contribution < 1.29 is 20.1 Å². The summed E-state index contributed by atoms with van der Waals surface area (Å²) in [5.74, 6) is 0. The first-order chi connectivity index (χ1) is 8.34. The number of rotatable bonds is 2. The van der Waals surface area contributed by atoms with Crippen LogP contribution >= 0.6 is 0 Å². The molecule has 2 heterocycles. The molecule has 4 heteroatoms. The summed E-state index contributed by atoms with van der Waals surface area (Å²) in [5, 5.41) is 0. The molecule has 0 bridgehead atoms. The minimum Gasteiger partial charge on any atom is -0.662 e. The van der Waals surface area contributed by atoms with Crippen LogP contribution in [0, 0.1) is 0 Å². The largest absolute Gasteiger partial charge is 0.662 e. The fourth-order valence-electron chi connectivity index (χ4n) is 1.96. The van der Waals surface area contributed by atoms with E-state index < -0.39 is 0 Å². The summed E-state index contributed by atoms with van der Waals surface area (Å²) in [4.78, 5) is 13.1. The normalized spacial score (nSPS) is 17.4. The van der Waals surface area contributed by atoms with E-state index in [1.807, 2.05) is 37.4 Å². The Bertz CT molecular complexity index is 584. The van der Waals surface area contributed by atoms with Gasteiger partial charge in [0.1, 0.15) is 6.17 Å². The van der Waals surface area contributed by atoms with Gasteiger partial charge >= 0.3 is 0 Å². The van der Waals surface area contributed by atoms with E-state index in [1.165, 1.54) is 0 Å². The first-order valence-electron chi connectivity index (χ1n) is 5.63. The van der Waals surface area contributed by atoms with Crippen molar-refractivity contribution in [3.05, 3.63) is 48.3 Å². The second-order valence-electron chi connectivity index (χ2n) is 4.00. The molecular weight excluding hydrogens is 402 g/mol. The Hall–Kier alpha value is -1.51. The molecule has 1 aliphatic heterocycles. The Morgan fingerprint density at radius 2 is 1.89 bits per heavy atom. The van der Waals surface area contributed by atoms with E-state index in [0.717, 1.165) is 22.5 Å². The van der Waals surface area contributed by atoms with Crippen LogP contribution in [0.25, 0.3) is 11.1 Å². The van der Waals surface area contributed by atoms with Gasteiger partial charge in [-0.2, -0.15) is 6.20 Å².